The summed E-state index contributed by atoms with van der Waals surface area (Å²) >= 11 is 0. The van der Waals surface area contributed by atoms with Crippen LogP contribution in [0.3, 0.4) is 0 Å². The third kappa shape index (κ3) is 4.11. The Labute approximate surface area is 195 Å². The topological polar surface area (TPSA) is 94.3 Å². The average Bonchev–Trinajstić information content (AvgIpc) is 3.27. The number of nitrogens with one attached hydrogen (secondary N) is 1. The highest BCUT2D eigenvalue weighted by atomic mass is 16.5. The number of aromatic nitrogens is 2. The van der Waals surface area contributed by atoms with Crippen molar-refractivity contribution in [1.82, 2.24) is 9.97 Å². The van der Waals surface area contributed by atoms with Gasteiger partial charge in [0.15, 0.2) is 11.7 Å². The number of benzene rings is 3. The lowest BCUT2D eigenvalue weighted by Crippen LogP contribution is -2.30. The summed E-state index contributed by atoms with van der Waals surface area (Å²) in [6.07, 6.45) is 0.576. The van der Waals surface area contributed by atoms with E-state index >= 15 is 0 Å². The van der Waals surface area contributed by atoms with Crippen molar-refractivity contribution in [1.29, 1.82) is 0 Å². The highest BCUT2D eigenvalue weighted by Crippen LogP contribution is 2.33. The Morgan fingerprint density at radius 3 is 2.59 bits per heavy atom. The quantitative estimate of drug-likeness (QED) is 0.353. The smallest absolute Gasteiger partial charge is 0.339 e. The number of carbonyl (C=O) groups excluding carboxylic acids is 2. The summed E-state index contributed by atoms with van der Waals surface area (Å²) in [5.41, 5.74) is 3.33. The Hall–Kier alpha value is -4.52. The molecule has 0 aliphatic carbocycles. The number of ether oxygens (including phenoxy) is 1. The van der Waals surface area contributed by atoms with Gasteiger partial charge >= 0.3 is 5.97 Å². The molecule has 1 unspecified atom stereocenters. The lowest BCUT2D eigenvalue weighted by atomic mass is 9.99. The highest BCUT2D eigenvalue weighted by Gasteiger charge is 2.23. The first-order valence-electron chi connectivity index (χ1n) is 10.8. The first-order chi connectivity index (χ1) is 16.5. The van der Waals surface area contributed by atoms with Gasteiger partial charge in [-0.3, -0.25) is 4.79 Å². The summed E-state index contributed by atoms with van der Waals surface area (Å²) in [5, 5.41) is 4.15. The lowest BCUT2D eigenvalue weighted by Gasteiger charge is -2.15. The van der Waals surface area contributed by atoms with Crippen LogP contribution in [0.25, 0.3) is 33.3 Å². The minimum absolute atomic E-state index is 0.323. The molecular weight excluding hydrogens is 430 g/mol. The van der Waals surface area contributed by atoms with Gasteiger partial charge in [0.1, 0.15) is 11.3 Å². The molecule has 0 bridgehead atoms. The molecule has 0 fully saturated rings. The molecule has 5 aromatic rings. The number of anilines is 1. The second-order valence-corrected chi connectivity index (χ2v) is 7.95. The zero-order chi connectivity index (χ0) is 23.7. The first-order valence-corrected chi connectivity index (χ1v) is 10.8. The van der Waals surface area contributed by atoms with Crippen molar-refractivity contribution < 1.29 is 18.7 Å². The van der Waals surface area contributed by atoms with E-state index in [9.17, 15) is 9.59 Å². The van der Waals surface area contributed by atoms with Crippen LogP contribution in [-0.2, 0) is 9.53 Å². The Bertz CT molecular complexity index is 1500. The summed E-state index contributed by atoms with van der Waals surface area (Å²) in [5.74, 6) is -0.278. The molecule has 5 rings (SSSR count). The number of aryl methyl sites for hydroxylation is 1. The normalized spacial score (nSPS) is 11.9. The van der Waals surface area contributed by atoms with Crippen molar-refractivity contribution in [2.24, 2.45) is 0 Å². The van der Waals surface area contributed by atoms with Gasteiger partial charge in [-0.15, -0.1) is 0 Å². The molecule has 3 aromatic carbocycles. The largest absolute Gasteiger partial charge is 0.449 e. The van der Waals surface area contributed by atoms with E-state index in [0.29, 0.717) is 33.8 Å². The third-order valence-corrected chi connectivity index (χ3v) is 5.47. The van der Waals surface area contributed by atoms with Crippen LogP contribution in [0.2, 0.25) is 0 Å². The molecule has 2 heterocycles. The lowest BCUT2D eigenvalue weighted by molar-refractivity contribution is -0.123. The fourth-order valence-corrected chi connectivity index (χ4v) is 3.79. The van der Waals surface area contributed by atoms with Gasteiger partial charge < -0.3 is 14.5 Å². The summed E-state index contributed by atoms with van der Waals surface area (Å²) in [6.45, 7) is 3.42. The van der Waals surface area contributed by atoms with Crippen LogP contribution in [0.15, 0.2) is 83.4 Å². The van der Waals surface area contributed by atoms with Gasteiger partial charge in [0.25, 0.3) is 5.91 Å². The Morgan fingerprint density at radius 2 is 1.79 bits per heavy atom. The minimum Gasteiger partial charge on any atom is -0.449 e. The molecule has 0 saturated carbocycles. The standard InChI is InChI=1S/C27H21N3O4/c1-16-13-14-28-23(15-16)30-25(31)17(2)33-27(32)20-10-6-8-18-7-5-9-19(24(18)20)26-29-21-11-3-4-12-22(21)34-26/h3-15,17H,1-2H3,(H,28,30,31). The number of nitrogens with zero attached hydrogens (tertiary/aromatic N) is 2. The van der Waals surface area contributed by atoms with E-state index in [-0.39, 0.29) is 0 Å². The Kier molecular flexibility index (Phi) is 5.51. The first kappa shape index (κ1) is 21.3. The average molecular weight is 451 g/mol. The maximum atomic E-state index is 13.2. The van der Waals surface area contributed by atoms with Crippen LogP contribution in [0.1, 0.15) is 22.8 Å². The predicted molar refractivity (Wildman–Crippen MR) is 129 cm³/mol. The van der Waals surface area contributed by atoms with Crippen molar-refractivity contribution in [3.05, 3.63) is 90.1 Å². The summed E-state index contributed by atoms with van der Waals surface area (Å²) in [7, 11) is 0. The Morgan fingerprint density at radius 1 is 1.00 bits per heavy atom. The van der Waals surface area contributed by atoms with Gasteiger partial charge in [-0.1, -0.05) is 36.4 Å². The molecule has 168 valence electrons. The van der Waals surface area contributed by atoms with E-state index in [1.807, 2.05) is 61.5 Å². The maximum Gasteiger partial charge on any atom is 0.339 e. The number of carbonyl (C=O) groups is 2. The van der Waals surface area contributed by atoms with Crippen molar-refractivity contribution in [3.8, 4) is 11.5 Å². The van der Waals surface area contributed by atoms with Crippen LogP contribution in [0.4, 0.5) is 5.82 Å². The number of para-hydroxylation sites is 2. The van der Waals surface area contributed by atoms with E-state index in [2.05, 4.69) is 15.3 Å². The zero-order valence-electron chi connectivity index (χ0n) is 18.6. The van der Waals surface area contributed by atoms with Crippen LogP contribution >= 0.6 is 0 Å². The molecule has 0 aliphatic rings. The van der Waals surface area contributed by atoms with Crippen LogP contribution in [0.5, 0.6) is 0 Å². The number of fused-ring (bicyclic) bond motifs is 2. The monoisotopic (exact) mass is 451 g/mol. The van der Waals surface area contributed by atoms with Crippen molar-refractivity contribution in [3.63, 3.8) is 0 Å². The number of esters is 1. The number of hydrogen-bond donors (Lipinski definition) is 1. The zero-order valence-corrected chi connectivity index (χ0v) is 18.6. The molecule has 34 heavy (non-hydrogen) atoms. The van der Waals surface area contributed by atoms with Gasteiger partial charge in [0, 0.05) is 17.1 Å². The second kappa shape index (κ2) is 8.78. The molecule has 1 atom stereocenters. The highest BCUT2D eigenvalue weighted by molar-refractivity contribution is 6.10. The fourth-order valence-electron chi connectivity index (χ4n) is 3.79. The van der Waals surface area contributed by atoms with Gasteiger partial charge in [0.05, 0.1) is 5.56 Å². The number of rotatable bonds is 5. The Balaban J connectivity index is 1.46. The molecule has 7 nitrogen and oxygen atoms in total. The van der Waals surface area contributed by atoms with Gasteiger partial charge in [0.2, 0.25) is 5.89 Å². The summed E-state index contributed by atoms with van der Waals surface area (Å²) in [4.78, 5) is 34.5. The fraction of sp³-hybridized carbons (Fsp3) is 0.111. The SMILES string of the molecule is Cc1ccnc(NC(=O)C(C)OC(=O)c2cccc3cccc(-c4nc5ccccc5o4)c23)c1. The van der Waals surface area contributed by atoms with Crippen molar-refractivity contribution in [2.45, 2.75) is 20.0 Å². The molecule has 2 aromatic heterocycles. The van der Waals surface area contributed by atoms with Crippen LogP contribution < -0.4 is 5.32 Å². The van der Waals surface area contributed by atoms with Crippen LogP contribution in [0, 0.1) is 6.92 Å². The molecular formula is C27H21N3O4. The summed E-state index contributed by atoms with van der Waals surface area (Å²) < 4.78 is 11.5. The predicted octanol–water partition coefficient (Wildman–Crippen LogP) is 5.54. The molecule has 0 spiro atoms. The van der Waals surface area contributed by atoms with E-state index in [4.69, 9.17) is 9.15 Å². The van der Waals surface area contributed by atoms with Gasteiger partial charge in [-0.2, -0.15) is 0 Å². The number of oxazole rings is 1. The van der Waals surface area contributed by atoms with Crippen LogP contribution in [-0.4, -0.2) is 27.9 Å². The minimum atomic E-state index is -1.03. The van der Waals surface area contributed by atoms with Crippen molar-refractivity contribution >= 4 is 39.6 Å². The van der Waals surface area contributed by atoms with Crippen molar-refractivity contribution in [2.75, 3.05) is 5.32 Å². The number of amides is 1. The molecule has 0 radical (unpaired) electrons. The van der Waals surface area contributed by atoms with E-state index in [0.717, 1.165) is 16.5 Å². The van der Waals surface area contributed by atoms with E-state index < -0.39 is 18.0 Å². The molecule has 1 N–H and O–H groups in total. The second-order valence-electron chi connectivity index (χ2n) is 7.95. The number of pyridine rings is 1. The molecule has 7 heteroatoms. The number of hydrogen-bond acceptors (Lipinski definition) is 6. The van der Waals surface area contributed by atoms with E-state index in [1.54, 1.807) is 24.4 Å². The molecule has 0 aliphatic heterocycles. The summed E-state index contributed by atoms with van der Waals surface area (Å²) in [6, 6.07) is 22.0. The van der Waals surface area contributed by atoms with Gasteiger partial charge in [-0.25, -0.2) is 14.8 Å². The molecule has 0 saturated heterocycles. The molecule has 1 amide bonds. The van der Waals surface area contributed by atoms with E-state index in [1.165, 1.54) is 6.92 Å². The van der Waals surface area contributed by atoms with Gasteiger partial charge in [-0.05, 0) is 61.2 Å². The third-order valence-electron chi connectivity index (χ3n) is 5.47. The maximum absolute atomic E-state index is 13.2.